The summed E-state index contributed by atoms with van der Waals surface area (Å²) in [7, 11) is 0. The fraction of sp³-hybridized carbons (Fsp3) is 0.655. The van der Waals surface area contributed by atoms with Crippen LogP contribution in [0.2, 0.25) is 0 Å². The van der Waals surface area contributed by atoms with E-state index >= 15 is 0 Å². The molecule has 2 rings (SSSR count). The van der Waals surface area contributed by atoms with E-state index in [-0.39, 0.29) is 30.8 Å². The molecule has 11 nitrogen and oxygen atoms in total. The molecule has 224 valence electrons. The van der Waals surface area contributed by atoms with Crippen LogP contribution >= 0.6 is 0 Å². The molecule has 1 amide bonds. The van der Waals surface area contributed by atoms with Gasteiger partial charge in [-0.05, 0) is 82.6 Å². The van der Waals surface area contributed by atoms with Gasteiger partial charge >= 0.3 is 5.97 Å². The fourth-order valence-corrected chi connectivity index (χ4v) is 5.04. The lowest BCUT2D eigenvalue weighted by Crippen LogP contribution is -2.41. The van der Waals surface area contributed by atoms with Crippen LogP contribution < -0.4 is 5.32 Å². The Bertz CT molecular complexity index is 943. The average Bonchev–Trinajstić information content (AvgIpc) is 3.18. The molecule has 7 atom stereocenters. The number of nitrogens with zero attached hydrogens (tertiary/aromatic N) is 1. The van der Waals surface area contributed by atoms with Gasteiger partial charge in [0.25, 0.3) is 5.09 Å². The second-order valence-electron chi connectivity index (χ2n) is 10.6. The summed E-state index contributed by atoms with van der Waals surface area (Å²) in [6, 6.07) is 9.11. The van der Waals surface area contributed by atoms with Crippen molar-refractivity contribution in [1.29, 1.82) is 0 Å². The summed E-state index contributed by atoms with van der Waals surface area (Å²) in [6.07, 6.45) is 6.48. The summed E-state index contributed by atoms with van der Waals surface area (Å²) >= 11 is 0. The Hall–Kier alpha value is -3.02. The van der Waals surface area contributed by atoms with Crippen molar-refractivity contribution in [2.75, 3.05) is 6.61 Å². The van der Waals surface area contributed by atoms with Crippen LogP contribution in [0.1, 0.15) is 70.8 Å². The molecular formula is C29H44N2O9. The molecule has 0 aromatic heterocycles. The number of benzene rings is 1. The van der Waals surface area contributed by atoms with Gasteiger partial charge in [0.05, 0.1) is 18.3 Å². The molecule has 1 fully saturated rings. The quantitative estimate of drug-likeness (QED) is 0.0689. The normalized spacial score (nSPS) is 22.9. The number of amides is 1. The Morgan fingerprint density at radius 2 is 1.82 bits per heavy atom. The highest BCUT2D eigenvalue weighted by Gasteiger charge is 2.40. The van der Waals surface area contributed by atoms with E-state index in [4.69, 9.17) is 4.74 Å². The van der Waals surface area contributed by atoms with Gasteiger partial charge in [0.1, 0.15) is 18.8 Å². The lowest BCUT2D eigenvalue weighted by Gasteiger charge is -2.23. The van der Waals surface area contributed by atoms with Crippen LogP contribution in [0, 0.1) is 22.0 Å². The minimum Gasteiger partial charge on any atom is -0.459 e. The second-order valence-corrected chi connectivity index (χ2v) is 10.6. The number of esters is 1. The topological polar surface area (TPSA) is 168 Å². The Morgan fingerprint density at radius 1 is 1.12 bits per heavy atom. The first kappa shape index (κ1) is 33.2. The molecule has 1 aliphatic rings. The lowest BCUT2D eigenvalue weighted by atomic mass is 9.85. The van der Waals surface area contributed by atoms with Crippen molar-refractivity contribution < 1.29 is 39.6 Å². The monoisotopic (exact) mass is 564 g/mol. The maximum Gasteiger partial charge on any atom is 0.328 e. The van der Waals surface area contributed by atoms with Crippen molar-refractivity contribution in [2.45, 2.75) is 102 Å². The minimum atomic E-state index is -0.970. The zero-order valence-electron chi connectivity index (χ0n) is 23.4. The van der Waals surface area contributed by atoms with E-state index < -0.39 is 41.5 Å². The number of aliphatic hydroxyl groups is 3. The number of aliphatic hydroxyl groups excluding tert-OH is 3. The van der Waals surface area contributed by atoms with Gasteiger partial charge in [0.2, 0.25) is 5.91 Å². The van der Waals surface area contributed by atoms with Crippen LogP contribution in [0.5, 0.6) is 0 Å². The standard InChI is InChI=1S/C29H44N2O9/c1-20(19-39-31(37)38)40-29(36)21(2)30-28(35)13-9-4-3-8-12-24-25(27(34)18-26(24)33)17-16-23(32)15-14-22-10-6-5-7-11-22/h3,5-8,10-11,20-21,23-27,32-34H,4,9,12-19H2,1-2H3,(H,30,35)/b8-3-/t20?,21?,23-,24+,25+,26-,27+/m0/s1. The van der Waals surface area contributed by atoms with Crippen molar-refractivity contribution >= 4 is 11.9 Å². The number of allylic oxidation sites excluding steroid dienone is 2. The average molecular weight is 565 g/mol. The summed E-state index contributed by atoms with van der Waals surface area (Å²) < 4.78 is 5.01. The van der Waals surface area contributed by atoms with Gasteiger partial charge in [-0.2, -0.15) is 0 Å². The van der Waals surface area contributed by atoms with Gasteiger partial charge in [-0.15, -0.1) is 10.1 Å². The van der Waals surface area contributed by atoms with Gasteiger partial charge in [-0.25, -0.2) is 4.79 Å². The minimum absolute atomic E-state index is 0.0770. The van der Waals surface area contributed by atoms with Crippen molar-refractivity contribution in [3.8, 4) is 0 Å². The molecule has 0 spiro atoms. The smallest absolute Gasteiger partial charge is 0.328 e. The van der Waals surface area contributed by atoms with Crippen molar-refractivity contribution in [3.63, 3.8) is 0 Å². The van der Waals surface area contributed by atoms with Crippen LogP contribution in [-0.4, -0.2) is 69.3 Å². The number of unbranched alkanes of at least 4 members (excludes halogenated alkanes) is 1. The van der Waals surface area contributed by atoms with E-state index in [1.165, 1.54) is 19.4 Å². The van der Waals surface area contributed by atoms with Crippen molar-refractivity contribution in [2.24, 2.45) is 11.8 Å². The van der Waals surface area contributed by atoms with Crippen LogP contribution in [0.3, 0.4) is 0 Å². The van der Waals surface area contributed by atoms with Crippen LogP contribution in [0.25, 0.3) is 0 Å². The number of hydrogen-bond donors (Lipinski definition) is 4. The van der Waals surface area contributed by atoms with Crippen molar-refractivity contribution in [1.82, 2.24) is 5.32 Å². The third-order valence-electron chi connectivity index (χ3n) is 7.28. The summed E-state index contributed by atoms with van der Waals surface area (Å²) in [5.41, 5.74) is 1.18. The number of aryl methyl sites for hydroxylation is 1. The predicted octanol–water partition coefficient (Wildman–Crippen LogP) is 2.88. The maximum absolute atomic E-state index is 12.1. The van der Waals surface area contributed by atoms with Crippen LogP contribution in [-0.2, 0) is 25.6 Å². The molecule has 4 N–H and O–H groups in total. The maximum atomic E-state index is 12.1. The van der Waals surface area contributed by atoms with Gasteiger partial charge in [-0.3, -0.25) is 4.79 Å². The van der Waals surface area contributed by atoms with Crippen LogP contribution in [0.15, 0.2) is 42.5 Å². The fourth-order valence-electron chi connectivity index (χ4n) is 5.04. The highest BCUT2D eigenvalue weighted by atomic mass is 17.0. The molecule has 2 unspecified atom stereocenters. The van der Waals surface area contributed by atoms with Gasteiger partial charge in [0, 0.05) is 6.42 Å². The SMILES string of the molecule is CC(CO[N+](=O)[O-])OC(=O)C(C)NC(=O)CCC/C=C\C[C@@H]1[C@@H](CC[C@@H](O)CCc2ccccc2)[C@H](O)C[C@@H]1O. The molecule has 0 saturated heterocycles. The van der Waals surface area contributed by atoms with E-state index in [9.17, 15) is 35.0 Å². The zero-order valence-corrected chi connectivity index (χ0v) is 23.4. The number of ether oxygens (including phenoxy) is 1. The van der Waals surface area contributed by atoms with Crippen molar-refractivity contribution in [3.05, 3.63) is 58.2 Å². The number of nitrogens with one attached hydrogen (secondary N) is 1. The van der Waals surface area contributed by atoms with Gasteiger partial charge < -0.3 is 30.2 Å². The third-order valence-corrected chi connectivity index (χ3v) is 7.28. The predicted molar refractivity (Wildman–Crippen MR) is 147 cm³/mol. The third kappa shape index (κ3) is 12.4. The van der Waals surface area contributed by atoms with Gasteiger partial charge in [-0.1, -0.05) is 42.5 Å². The number of rotatable bonds is 18. The van der Waals surface area contributed by atoms with E-state index in [2.05, 4.69) is 10.2 Å². The second kappa shape index (κ2) is 17.6. The Kier molecular flexibility index (Phi) is 14.6. The molecular weight excluding hydrogens is 520 g/mol. The Morgan fingerprint density at radius 3 is 2.52 bits per heavy atom. The molecule has 0 heterocycles. The summed E-state index contributed by atoms with van der Waals surface area (Å²) in [6.45, 7) is 2.54. The summed E-state index contributed by atoms with van der Waals surface area (Å²) in [5.74, 6) is -1.18. The molecule has 40 heavy (non-hydrogen) atoms. The lowest BCUT2D eigenvalue weighted by molar-refractivity contribution is -0.759. The largest absolute Gasteiger partial charge is 0.459 e. The first-order valence-electron chi connectivity index (χ1n) is 14.1. The zero-order chi connectivity index (χ0) is 29.5. The van der Waals surface area contributed by atoms with E-state index in [0.717, 1.165) is 6.42 Å². The Labute approximate surface area is 235 Å². The van der Waals surface area contributed by atoms with E-state index in [1.807, 2.05) is 42.5 Å². The van der Waals surface area contributed by atoms with E-state index in [0.29, 0.717) is 44.9 Å². The summed E-state index contributed by atoms with van der Waals surface area (Å²) in [4.78, 5) is 38.5. The molecule has 1 aliphatic carbocycles. The molecule has 1 saturated carbocycles. The van der Waals surface area contributed by atoms with Gasteiger partial charge in [0.15, 0.2) is 0 Å². The highest BCUT2D eigenvalue weighted by Crippen LogP contribution is 2.38. The van der Waals surface area contributed by atoms with Crippen LogP contribution in [0.4, 0.5) is 0 Å². The first-order chi connectivity index (χ1) is 19.1. The number of carbonyl (C=O) groups excluding carboxylic acids is 2. The number of carbonyl (C=O) groups is 2. The molecule has 1 aromatic carbocycles. The molecule has 0 radical (unpaired) electrons. The summed E-state index contributed by atoms with van der Waals surface area (Å²) in [5, 5.41) is 43.2. The Balaban J connectivity index is 1.65. The molecule has 0 bridgehead atoms. The molecule has 11 heteroatoms. The highest BCUT2D eigenvalue weighted by molar-refractivity contribution is 5.84. The van der Waals surface area contributed by atoms with E-state index in [1.54, 1.807) is 0 Å². The molecule has 0 aliphatic heterocycles. The number of hydrogen-bond acceptors (Lipinski definition) is 9. The molecule has 1 aromatic rings. The first-order valence-corrected chi connectivity index (χ1v) is 14.1.